The molecule has 5 heteroatoms. The van der Waals surface area contributed by atoms with E-state index in [1.54, 1.807) is 11.0 Å². The lowest BCUT2D eigenvalue weighted by Gasteiger charge is -2.30. The van der Waals surface area contributed by atoms with Crippen LogP contribution < -0.4 is 0 Å². The Hall–Kier alpha value is -2.95. The minimum atomic E-state index is 0.121. The maximum atomic E-state index is 13.4. The summed E-state index contributed by atoms with van der Waals surface area (Å²) in [4.78, 5) is 19.5. The van der Waals surface area contributed by atoms with Crippen LogP contribution in [0, 0.1) is 0 Å². The van der Waals surface area contributed by atoms with Gasteiger partial charge in [-0.2, -0.15) is 5.10 Å². The molecule has 5 nitrogen and oxygen atoms in total. The van der Waals surface area contributed by atoms with Crippen molar-refractivity contribution in [3.05, 3.63) is 77.9 Å². The molecule has 1 amide bonds. The largest absolute Gasteiger partial charge is 0.329 e. The third kappa shape index (κ3) is 2.60. The molecule has 1 fully saturated rings. The lowest BCUT2D eigenvalue weighted by atomic mass is 10.0. The maximum absolute atomic E-state index is 13.4. The van der Waals surface area contributed by atoms with E-state index in [1.807, 2.05) is 24.3 Å². The normalized spacial score (nSPS) is 18.5. The summed E-state index contributed by atoms with van der Waals surface area (Å²) in [5.41, 5.74) is 4.28. The quantitative estimate of drug-likeness (QED) is 0.727. The number of fused-ring (bicyclic) bond motifs is 1. The van der Waals surface area contributed by atoms with Gasteiger partial charge in [0, 0.05) is 11.6 Å². The number of aryl methyl sites for hydroxylation is 1. The van der Waals surface area contributed by atoms with E-state index in [9.17, 15) is 4.79 Å². The molecule has 2 aliphatic carbocycles. The summed E-state index contributed by atoms with van der Waals surface area (Å²) in [6.45, 7) is 0. The van der Waals surface area contributed by atoms with E-state index in [-0.39, 0.29) is 11.9 Å². The van der Waals surface area contributed by atoms with Crippen molar-refractivity contribution in [2.75, 3.05) is 0 Å². The maximum Gasteiger partial charge on any atom is 0.254 e. The second-order valence-electron chi connectivity index (χ2n) is 7.09. The number of amides is 1. The molecule has 0 unspecified atom stereocenters. The minimum absolute atomic E-state index is 0.121. The number of aromatic nitrogens is 3. The van der Waals surface area contributed by atoms with Gasteiger partial charge in [0.2, 0.25) is 0 Å². The molecule has 2 aliphatic rings. The molecule has 0 N–H and O–H groups in total. The summed E-state index contributed by atoms with van der Waals surface area (Å²) >= 11 is 0. The smallest absolute Gasteiger partial charge is 0.254 e. The standard InChI is InChI=1S/C21H20N4O/c26-21(16-5-3-6-18(12-16)24-14-22-13-23-24)25(17-9-10-17)20-11-8-15-4-1-2-7-19(15)20/h1-7,12-14,17,20H,8-11H2/t20-/m1/s1. The molecule has 0 aliphatic heterocycles. The van der Waals surface area contributed by atoms with Crippen LogP contribution in [0.1, 0.15) is 46.8 Å². The Balaban J connectivity index is 1.49. The molecule has 0 bridgehead atoms. The van der Waals surface area contributed by atoms with Crippen LogP contribution in [-0.4, -0.2) is 31.6 Å². The molecule has 3 aromatic rings. The summed E-state index contributed by atoms with van der Waals surface area (Å²) in [5, 5.41) is 4.17. The van der Waals surface area contributed by atoms with Gasteiger partial charge in [0.25, 0.3) is 5.91 Å². The van der Waals surface area contributed by atoms with Gasteiger partial charge in [-0.1, -0.05) is 30.3 Å². The average Bonchev–Trinajstić information content (AvgIpc) is 3.20. The van der Waals surface area contributed by atoms with Gasteiger partial charge in [-0.05, 0) is 55.0 Å². The lowest BCUT2D eigenvalue weighted by Crippen LogP contribution is -2.36. The van der Waals surface area contributed by atoms with Crippen LogP contribution >= 0.6 is 0 Å². The summed E-state index contributed by atoms with van der Waals surface area (Å²) in [6, 6.07) is 16.8. The summed E-state index contributed by atoms with van der Waals surface area (Å²) in [7, 11) is 0. The number of nitrogens with zero attached hydrogens (tertiary/aromatic N) is 4. The molecule has 0 radical (unpaired) electrons. The molecule has 1 saturated carbocycles. The third-order valence-corrected chi connectivity index (χ3v) is 5.39. The van der Waals surface area contributed by atoms with Crippen molar-refractivity contribution in [3.63, 3.8) is 0 Å². The van der Waals surface area contributed by atoms with Crippen LogP contribution in [0.5, 0.6) is 0 Å². The topological polar surface area (TPSA) is 51.0 Å². The Morgan fingerprint density at radius 2 is 1.96 bits per heavy atom. The zero-order valence-corrected chi connectivity index (χ0v) is 14.5. The zero-order valence-electron chi connectivity index (χ0n) is 14.5. The van der Waals surface area contributed by atoms with E-state index in [1.165, 1.54) is 17.5 Å². The van der Waals surface area contributed by atoms with E-state index >= 15 is 0 Å². The highest BCUT2D eigenvalue weighted by molar-refractivity contribution is 5.95. The van der Waals surface area contributed by atoms with E-state index in [2.05, 4.69) is 39.2 Å². The number of carbonyl (C=O) groups is 1. The number of hydrogen-bond donors (Lipinski definition) is 0. The first-order chi connectivity index (χ1) is 12.8. The molecule has 0 saturated heterocycles. The van der Waals surface area contributed by atoms with E-state index in [4.69, 9.17) is 0 Å². The lowest BCUT2D eigenvalue weighted by molar-refractivity contribution is 0.0658. The Morgan fingerprint density at radius 3 is 2.77 bits per heavy atom. The average molecular weight is 344 g/mol. The SMILES string of the molecule is O=C(c1cccc(-n2cncn2)c1)N(C1CC1)[C@@H]1CCc2ccccc21. The van der Waals surface area contributed by atoms with Crippen LogP contribution in [0.4, 0.5) is 0 Å². The van der Waals surface area contributed by atoms with Crippen molar-refractivity contribution >= 4 is 5.91 Å². The Bertz CT molecular complexity index is 946. The van der Waals surface area contributed by atoms with Crippen LogP contribution in [-0.2, 0) is 6.42 Å². The van der Waals surface area contributed by atoms with Gasteiger partial charge in [0.05, 0.1) is 11.7 Å². The fourth-order valence-electron chi connectivity index (χ4n) is 4.01. The second-order valence-corrected chi connectivity index (χ2v) is 7.09. The van der Waals surface area contributed by atoms with Crippen LogP contribution in [0.15, 0.2) is 61.2 Å². The van der Waals surface area contributed by atoms with Crippen LogP contribution in [0.3, 0.4) is 0 Å². The van der Waals surface area contributed by atoms with Crippen molar-refractivity contribution < 1.29 is 4.79 Å². The van der Waals surface area contributed by atoms with Gasteiger partial charge in [0.15, 0.2) is 0 Å². The highest BCUT2D eigenvalue weighted by Crippen LogP contribution is 2.42. The number of rotatable bonds is 4. The third-order valence-electron chi connectivity index (χ3n) is 5.39. The number of benzene rings is 2. The van der Waals surface area contributed by atoms with E-state index in [0.29, 0.717) is 11.6 Å². The molecule has 2 aromatic carbocycles. The van der Waals surface area contributed by atoms with Crippen molar-refractivity contribution in [3.8, 4) is 5.69 Å². The number of hydrogen-bond acceptors (Lipinski definition) is 3. The fourth-order valence-corrected chi connectivity index (χ4v) is 4.01. The zero-order chi connectivity index (χ0) is 17.5. The second kappa shape index (κ2) is 6.09. The van der Waals surface area contributed by atoms with Crippen LogP contribution in [0.25, 0.3) is 5.69 Å². The van der Waals surface area contributed by atoms with Gasteiger partial charge in [-0.25, -0.2) is 9.67 Å². The van der Waals surface area contributed by atoms with E-state index < -0.39 is 0 Å². The van der Waals surface area contributed by atoms with Gasteiger partial charge in [-0.3, -0.25) is 4.79 Å². The molecule has 1 aromatic heterocycles. The predicted octanol–water partition coefficient (Wildman–Crippen LogP) is 3.56. The first-order valence-corrected chi connectivity index (χ1v) is 9.17. The highest BCUT2D eigenvalue weighted by Gasteiger charge is 2.40. The van der Waals surface area contributed by atoms with Crippen LogP contribution in [0.2, 0.25) is 0 Å². The molecule has 5 rings (SSSR count). The minimum Gasteiger partial charge on any atom is -0.329 e. The van der Waals surface area contributed by atoms with Gasteiger partial charge in [-0.15, -0.1) is 0 Å². The van der Waals surface area contributed by atoms with Crippen molar-refractivity contribution in [1.29, 1.82) is 0 Å². The summed E-state index contributed by atoms with van der Waals surface area (Å²) < 4.78 is 1.68. The molecule has 1 atom stereocenters. The predicted molar refractivity (Wildman–Crippen MR) is 98.1 cm³/mol. The molecular weight excluding hydrogens is 324 g/mol. The Kier molecular flexibility index (Phi) is 3.59. The Labute approximate surface area is 152 Å². The molecular formula is C21H20N4O. The van der Waals surface area contributed by atoms with Gasteiger partial charge < -0.3 is 4.90 Å². The van der Waals surface area contributed by atoms with Crippen molar-refractivity contribution in [2.45, 2.75) is 37.8 Å². The first kappa shape index (κ1) is 15.3. The monoisotopic (exact) mass is 344 g/mol. The van der Waals surface area contributed by atoms with Gasteiger partial charge >= 0.3 is 0 Å². The van der Waals surface area contributed by atoms with E-state index in [0.717, 1.165) is 31.4 Å². The Morgan fingerprint density at radius 1 is 1.08 bits per heavy atom. The summed E-state index contributed by atoms with van der Waals surface area (Å²) in [6.07, 6.45) is 7.43. The number of carbonyl (C=O) groups excluding carboxylic acids is 1. The summed E-state index contributed by atoms with van der Waals surface area (Å²) in [5.74, 6) is 0.121. The fraction of sp³-hybridized carbons (Fsp3) is 0.286. The van der Waals surface area contributed by atoms with Gasteiger partial charge in [0.1, 0.15) is 12.7 Å². The molecule has 26 heavy (non-hydrogen) atoms. The van der Waals surface area contributed by atoms with Crippen molar-refractivity contribution in [2.24, 2.45) is 0 Å². The molecule has 0 spiro atoms. The highest BCUT2D eigenvalue weighted by atomic mass is 16.2. The first-order valence-electron chi connectivity index (χ1n) is 9.17. The molecule has 130 valence electrons. The van der Waals surface area contributed by atoms with Crippen molar-refractivity contribution in [1.82, 2.24) is 19.7 Å². The molecule has 1 heterocycles.